The summed E-state index contributed by atoms with van der Waals surface area (Å²) in [4.78, 5) is 5.79. The van der Waals surface area contributed by atoms with Gasteiger partial charge in [-0.05, 0) is 34.1 Å². The molecule has 2 unspecified atom stereocenters. The van der Waals surface area contributed by atoms with Crippen molar-refractivity contribution in [2.45, 2.75) is 45.8 Å². The summed E-state index contributed by atoms with van der Waals surface area (Å²) < 4.78 is 5.59. The zero-order valence-corrected chi connectivity index (χ0v) is 10.6. The number of hydrogen-bond acceptors (Lipinski definition) is 4. The second kappa shape index (κ2) is 3.76. The van der Waals surface area contributed by atoms with Gasteiger partial charge in [0.2, 0.25) is 0 Å². The quantitative estimate of drug-likeness (QED) is 0.842. The first kappa shape index (κ1) is 10.9. The molecule has 1 aliphatic heterocycles. The summed E-state index contributed by atoms with van der Waals surface area (Å²) in [5, 5.41) is 4.53. The molecule has 1 aromatic rings. The van der Waals surface area contributed by atoms with Crippen LogP contribution in [-0.4, -0.2) is 23.2 Å². The lowest BCUT2D eigenvalue weighted by atomic mass is 9.95. The van der Waals surface area contributed by atoms with E-state index in [0.29, 0.717) is 0 Å². The maximum Gasteiger partial charge on any atom is 0.183 e. The first-order valence-corrected chi connectivity index (χ1v) is 6.17. The first-order valence-electron chi connectivity index (χ1n) is 5.35. The lowest BCUT2D eigenvalue weighted by Crippen LogP contribution is -2.41. The van der Waals surface area contributed by atoms with Gasteiger partial charge in [0, 0.05) is 11.5 Å². The highest BCUT2D eigenvalue weighted by atomic mass is 32.1. The lowest BCUT2D eigenvalue weighted by molar-refractivity contribution is 0.105. The van der Waals surface area contributed by atoms with Crippen molar-refractivity contribution in [3.8, 4) is 0 Å². The van der Waals surface area contributed by atoms with Crippen molar-refractivity contribution in [2.24, 2.45) is 0 Å². The molecule has 0 aliphatic carbocycles. The van der Waals surface area contributed by atoms with Gasteiger partial charge in [0.15, 0.2) is 5.13 Å². The average molecular weight is 226 g/mol. The molecule has 2 rings (SSSR count). The summed E-state index contributed by atoms with van der Waals surface area (Å²) in [6.07, 6.45) is 1.30. The van der Waals surface area contributed by atoms with Gasteiger partial charge in [-0.1, -0.05) is 0 Å². The Bertz CT molecular complexity index is 344. The van der Waals surface area contributed by atoms with Crippen LogP contribution in [0.5, 0.6) is 0 Å². The highest BCUT2D eigenvalue weighted by molar-refractivity contribution is 7.15. The number of ether oxygens (including phenoxy) is 1. The molecular formula is C11H18N2OS. The van der Waals surface area contributed by atoms with E-state index in [1.807, 2.05) is 6.92 Å². The third-order valence-electron chi connectivity index (χ3n) is 3.31. The maximum absolute atomic E-state index is 5.59. The highest BCUT2D eigenvalue weighted by Crippen LogP contribution is 2.31. The highest BCUT2D eigenvalue weighted by Gasteiger charge is 2.37. The molecule has 0 bridgehead atoms. The molecule has 4 heteroatoms. The van der Waals surface area contributed by atoms with E-state index in [1.54, 1.807) is 11.3 Å². The van der Waals surface area contributed by atoms with E-state index >= 15 is 0 Å². The zero-order valence-electron chi connectivity index (χ0n) is 9.76. The number of aryl methyl sites for hydroxylation is 2. The van der Waals surface area contributed by atoms with Crippen LogP contribution in [0.25, 0.3) is 0 Å². The maximum atomic E-state index is 5.59. The summed E-state index contributed by atoms with van der Waals surface area (Å²) in [5.41, 5.74) is 1.16. The molecule has 0 amide bonds. The molecule has 2 heterocycles. The minimum atomic E-state index is 0.0384. The molecular weight excluding hydrogens is 208 g/mol. The van der Waals surface area contributed by atoms with Crippen LogP contribution < -0.4 is 5.32 Å². The Morgan fingerprint density at radius 1 is 1.53 bits per heavy atom. The monoisotopic (exact) mass is 226 g/mol. The normalized spacial score (nSPS) is 30.8. The second-order valence-electron chi connectivity index (χ2n) is 4.47. The number of aromatic nitrogens is 1. The van der Waals surface area contributed by atoms with Crippen molar-refractivity contribution in [1.82, 2.24) is 4.98 Å². The fourth-order valence-corrected chi connectivity index (χ4v) is 2.72. The van der Waals surface area contributed by atoms with E-state index in [-0.39, 0.29) is 11.6 Å². The molecule has 1 saturated heterocycles. The van der Waals surface area contributed by atoms with Crippen LogP contribution in [0.15, 0.2) is 0 Å². The molecule has 1 fully saturated rings. The Hall–Kier alpha value is -0.610. The molecule has 1 aromatic heterocycles. The molecule has 0 saturated carbocycles. The van der Waals surface area contributed by atoms with Gasteiger partial charge in [0.05, 0.1) is 17.3 Å². The Morgan fingerprint density at radius 3 is 2.73 bits per heavy atom. The largest absolute Gasteiger partial charge is 0.376 e. The molecule has 3 nitrogen and oxygen atoms in total. The minimum absolute atomic E-state index is 0.0384. The van der Waals surface area contributed by atoms with Gasteiger partial charge in [-0.2, -0.15) is 0 Å². The fraction of sp³-hybridized carbons (Fsp3) is 0.727. The first-order chi connectivity index (χ1) is 7.01. The van der Waals surface area contributed by atoms with E-state index in [4.69, 9.17) is 4.74 Å². The molecule has 84 valence electrons. The van der Waals surface area contributed by atoms with Crippen LogP contribution in [-0.2, 0) is 4.74 Å². The third kappa shape index (κ3) is 2.01. The van der Waals surface area contributed by atoms with Crippen molar-refractivity contribution < 1.29 is 4.74 Å². The predicted octanol–water partition coefficient (Wildman–Crippen LogP) is 2.74. The van der Waals surface area contributed by atoms with Crippen molar-refractivity contribution >= 4 is 16.5 Å². The number of anilines is 1. The average Bonchev–Trinajstić information content (AvgIpc) is 2.60. The fourth-order valence-electron chi connectivity index (χ4n) is 1.77. The van der Waals surface area contributed by atoms with Crippen LogP contribution in [0.1, 0.15) is 30.8 Å². The van der Waals surface area contributed by atoms with E-state index < -0.39 is 0 Å². The SMILES string of the molecule is Cc1nc(NC2(C)CCOC2C)sc1C. The standard InChI is InChI=1S/C11H18N2OS/c1-7-8(2)15-10(12-7)13-11(4)5-6-14-9(11)3/h9H,5-6H2,1-4H3,(H,12,13). The van der Waals surface area contributed by atoms with Crippen molar-refractivity contribution in [3.05, 3.63) is 10.6 Å². The van der Waals surface area contributed by atoms with Crippen LogP contribution in [0.2, 0.25) is 0 Å². The molecule has 15 heavy (non-hydrogen) atoms. The molecule has 2 atom stereocenters. The zero-order chi connectivity index (χ0) is 11.1. The molecule has 0 spiro atoms. The van der Waals surface area contributed by atoms with Gasteiger partial charge < -0.3 is 10.1 Å². The minimum Gasteiger partial charge on any atom is -0.376 e. The number of nitrogens with one attached hydrogen (secondary N) is 1. The summed E-state index contributed by atoms with van der Waals surface area (Å²) in [5.74, 6) is 0. The van der Waals surface area contributed by atoms with Crippen LogP contribution in [0, 0.1) is 13.8 Å². The van der Waals surface area contributed by atoms with Crippen molar-refractivity contribution in [1.29, 1.82) is 0 Å². The molecule has 0 aromatic carbocycles. The number of rotatable bonds is 2. The van der Waals surface area contributed by atoms with Crippen molar-refractivity contribution in [2.75, 3.05) is 11.9 Å². The Morgan fingerprint density at radius 2 is 2.27 bits per heavy atom. The summed E-state index contributed by atoms with van der Waals surface area (Å²) in [6, 6.07) is 0. The van der Waals surface area contributed by atoms with Gasteiger partial charge in [-0.15, -0.1) is 11.3 Å². The number of hydrogen-bond donors (Lipinski definition) is 1. The summed E-state index contributed by atoms with van der Waals surface area (Å²) >= 11 is 1.72. The van der Waals surface area contributed by atoms with Gasteiger partial charge in [0.1, 0.15) is 0 Å². The summed E-state index contributed by atoms with van der Waals surface area (Å²) in [6.45, 7) is 9.32. The van der Waals surface area contributed by atoms with E-state index in [2.05, 4.69) is 31.1 Å². The van der Waals surface area contributed by atoms with E-state index in [0.717, 1.165) is 23.9 Å². The molecule has 1 aliphatic rings. The summed E-state index contributed by atoms with van der Waals surface area (Å²) in [7, 11) is 0. The van der Waals surface area contributed by atoms with Crippen molar-refractivity contribution in [3.63, 3.8) is 0 Å². The van der Waals surface area contributed by atoms with Crippen LogP contribution >= 0.6 is 11.3 Å². The topological polar surface area (TPSA) is 34.2 Å². The molecule has 1 N–H and O–H groups in total. The smallest absolute Gasteiger partial charge is 0.183 e. The lowest BCUT2D eigenvalue weighted by Gasteiger charge is -2.28. The van der Waals surface area contributed by atoms with E-state index in [9.17, 15) is 0 Å². The van der Waals surface area contributed by atoms with Gasteiger partial charge in [-0.3, -0.25) is 0 Å². The predicted molar refractivity (Wildman–Crippen MR) is 63.6 cm³/mol. The third-order valence-corrected chi connectivity index (χ3v) is 4.30. The second-order valence-corrected chi connectivity index (χ2v) is 5.67. The van der Waals surface area contributed by atoms with Gasteiger partial charge >= 0.3 is 0 Å². The Balaban J connectivity index is 2.14. The Kier molecular flexibility index (Phi) is 2.73. The van der Waals surface area contributed by atoms with Gasteiger partial charge in [0.25, 0.3) is 0 Å². The van der Waals surface area contributed by atoms with Crippen LogP contribution in [0.4, 0.5) is 5.13 Å². The molecule has 0 radical (unpaired) electrons. The van der Waals surface area contributed by atoms with E-state index in [1.165, 1.54) is 4.88 Å². The van der Waals surface area contributed by atoms with Gasteiger partial charge in [-0.25, -0.2) is 4.98 Å². The van der Waals surface area contributed by atoms with Crippen LogP contribution in [0.3, 0.4) is 0 Å². The number of nitrogens with zero attached hydrogens (tertiary/aromatic N) is 1. The number of thiazole rings is 1. The Labute approximate surface area is 94.9 Å².